The van der Waals surface area contributed by atoms with E-state index in [9.17, 15) is 18.0 Å². The van der Waals surface area contributed by atoms with E-state index in [0.717, 1.165) is 20.8 Å². The van der Waals surface area contributed by atoms with Crippen molar-refractivity contribution >= 4 is 21.8 Å². The molecule has 1 heterocycles. The predicted octanol–water partition coefficient (Wildman–Crippen LogP) is 1.13. The average molecular weight is 294 g/mol. The lowest BCUT2D eigenvalue weighted by atomic mass is 10.2. The van der Waals surface area contributed by atoms with E-state index in [-0.39, 0.29) is 10.6 Å². The molecule has 7 heteroatoms. The van der Waals surface area contributed by atoms with Gasteiger partial charge in [0, 0.05) is 14.1 Å². The van der Waals surface area contributed by atoms with Crippen LogP contribution in [-0.4, -0.2) is 44.3 Å². The molecule has 0 N–H and O–H groups in total. The summed E-state index contributed by atoms with van der Waals surface area (Å²) in [6.07, 6.45) is 0. The molecule has 106 valence electrons. The highest BCUT2D eigenvalue weighted by atomic mass is 32.2. The fraction of sp³-hybridized carbons (Fsp3) is 0.231. The Morgan fingerprint density at radius 3 is 2.00 bits per heavy atom. The van der Waals surface area contributed by atoms with Crippen LogP contribution in [0.25, 0.3) is 0 Å². The van der Waals surface area contributed by atoms with Crippen LogP contribution < -0.4 is 0 Å². The van der Waals surface area contributed by atoms with Crippen LogP contribution in [0.15, 0.2) is 40.3 Å². The number of hydrogen-bond acceptors (Lipinski definition) is 4. The molecule has 1 aromatic carbocycles. The molecule has 1 fully saturated rings. The van der Waals surface area contributed by atoms with Gasteiger partial charge < -0.3 is 0 Å². The highest BCUT2D eigenvalue weighted by Crippen LogP contribution is 2.21. The highest BCUT2D eigenvalue weighted by Gasteiger charge is 2.37. The Balaban J connectivity index is 2.46. The van der Waals surface area contributed by atoms with Crippen LogP contribution in [0.1, 0.15) is 5.56 Å². The summed E-state index contributed by atoms with van der Waals surface area (Å²) in [5, 5.41) is 0.835. The Morgan fingerprint density at radius 2 is 1.55 bits per heavy atom. The predicted molar refractivity (Wildman–Crippen MR) is 72.4 cm³/mol. The SMILES string of the molecule is Cc1ccc(S(=O)(=O)/C=C2/C(=O)N(C)C(=O)N2C)cc1. The third-order valence-corrected chi connectivity index (χ3v) is 4.54. The molecule has 2 rings (SSSR count). The first-order valence-corrected chi connectivity index (χ1v) is 7.38. The van der Waals surface area contributed by atoms with Gasteiger partial charge in [0.25, 0.3) is 5.91 Å². The van der Waals surface area contributed by atoms with Crippen LogP contribution in [0.4, 0.5) is 4.79 Å². The van der Waals surface area contributed by atoms with E-state index >= 15 is 0 Å². The van der Waals surface area contributed by atoms with E-state index in [1.54, 1.807) is 12.1 Å². The van der Waals surface area contributed by atoms with Crippen LogP contribution in [0.5, 0.6) is 0 Å². The first-order chi connectivity index (χ1) is 9.24. The van der Waals surface area contributed by atoms with Crippen molar-refractivity contribution in [3.63, 3.8) is 0 Å². The Kier molecular flexibility index (Phi) is 3.39. The van der Waals surface area contributed by atoms with Crippen LogP contribution >= 0.6 is 0 Å². The van der Waals surface area contributed by atoms with E-state index in [1.165, 1.54) is 26.2 Å². The second-order valence-electron chi connectivity index (χ2n) is 4.57. The quantitative estimate of drug-likeness (QED) is 0.605. The second kappa shape index (κ2) is 4.75. The molecule has 1 saturated heterocycles. The van der Waals surface area contributed by atoms with Gasteiger partial charge in [-0.15, -0.1) is 0 Å². The summed E-state index contributed by atoms with van der Waals surface area (Å²) in [6, 6.07) is 5.71. The Bertz CT molecular complexity index is 704. The lowest BCUT2D eigenvalue weighted by molar-refractivity contribution is -0.122. The molecular formula is C13H14N2O4S. The average Bonchev–Trinajstić information content (AvgIpc) is 2.57. The van der Waals surface area contributed by atoms with Gasteiger partial charge in [0.2, 0.25) is 9.84 Å². The van der Waals surface area contributed by atoms with Gasteiger partial charge in [0.1, 0.15) is 5.70 Å². The standard InChI is InChI=1S/C13H14N2O4S/c1-9-4-6-10(7-5-9)20(18,19)8-11-12(16)15(3)13(17)14(11)2/h4-8H,1-3H3/b11-8-. The molecule has 0 atom stereocenters. The van der Waals surface area contributed by atoms with Crippen LogP contribution in [0, 0.1) is 6.92 Å². The molecule has 6 nitrogen and oxygen atoms in total. The van der Waals surface area contributed by atoms with E-state index in [2.05, 4.69) is 0 Å². The second-order valence-corrected chi connectivity index (χ2v) is 6.36. The zero-order valence-electron chi connectivity index (χ0n) is 11.3. The topological polar surface area (TPSA) is 74.8 Å². The minimum Gasteiger partial charge on any atom is -0.291 e. The van der Waals surface area contributed by atoms with E-state index < -0.39 is 21.8 Å². The van der Waals surface area contributed by atoms with Crippen LogP contribution in [0.3, 0.4) is 0 Å². The monoisotopic (exact) mass is 294 g/mol. The third kappa shape index (κ3) is 2.32. The fourth-order valence-electron chi connectivity index (χ4n) is 1.80. The summed E-state index contributed by atoms with van der Waals surface area (Å²) in [4.78, 5) is 25.4. The number of imide groups is 1. The zero-order chi connectivity index (χ0) is 15.1. The Morgan fingerprint density at radius 1 is 1.00 bits per heavy atom. The third-order valence-electron chi connectivity index (χ3n) is 3.08. The molecule has 1 aromatic rings. The van der Waals surface area contributed by atoms with Crippen LogP contribution in [-0.2, 0) is 14.6 Å². The number of carbonyl (C=O) groups excluding carboxylic acids is 2. The number of sulfone groups is 1. The van der Waals surface area contributed by atoms with Gasteiger partial charge in [-0.25, -0.2) is 13.2 Å². The molecule has 0 unspecified atom stereocenters. The van der Waals surface area contributed by atoms with Crippen molar-refractivity contribution in [1.82, 2.24) is 9.80 Å². The van der Waals surface area contributed by atoms with Crippen molar-refractivity contribution in [3.8, 4) is 0 Å². The number of amides is 3. The Hall–Kier alpha value is -2.15. The van der Waals surface area contributed by atoms with Crippen molar-refractivity contribution < 1.29 is 18.0 Å². The normalized spacial score (nSPS) is 18.2. The molecule has 3 amide bonds. The maximum Gasteiger partial charge on any atom is 0.331 e. The molecule has 1 aliphatic heterocycles. The number of urea groups is 1. The van der Waals surface area contributed by atoms with Gasteiger partial charge >= 0.3 is 6.03 Å². The van der Waals surface area contributed by atoms with E-state index in [4.69, 9.17) is 0 Å². The number of hydrogen-bond donors (Lipinski definition) is 0. The number of nitrogens with zero attached hydrogens (tertiary/aromatic N) is 2. The molecule has 0 aromatic heterocycles. The molecule has 1 aliphatic rings. The van der Waals surface area contributed by atoms with Crippen molar-refractivity contribution in [2.75, 3.05) is 14.1 Å². The van der Waals surface area contributed by atoms with E-state index in [0.29, 0.717) is 0 Å². The fourth-order valence-corrected chi connectivity index (χ4v) is 3.01. The minimum atomic E-state index is -3.78. The molecule has 0 radical (unpaired) electrons. The van der Waals surface area contributed by atoms with Gasteiger partial charge in [-0.3, -0.25) is 14.6 Å². The molecule has 0 spiro atoms. The van der Waals surface area contributed by atoms with Crippen molar-refractivity contribution in [1.29, 1.82) is 0 Å². The van der Waals surface area contributed by atoms with Gasteiger partial charge in [0.05, 0.1) is 10.3 Å². The summed E-state index contributed by atoms with van der Waals surface area (Å²) in [5.41, 5.74) is 0.777. The van der Waals surface area contributed by atoms with Gasteiger partial charge in [-0.05, 0) is 19.1 Å². The molecule has 20 heavy (non-hydrogen) atoms. The largest absolute Gasteiger partial charge is 0.331 e. The van der Waals surface area contributed by atoms with Crippen molar-refractivity contribution in [2.45, 2.75) is 11.8 Å². The number of benzene rings is 1. The highest BCUT2D eigenvalue weighted by molar-refractivity contribution is 7.94. The molecule has 0 aliphatic carbocycles. The van der Waals surface area contributed by atoms with E-state index in [1.807, 2.05) is 6.92 Å². The smallest absolute Gasteiger partial charge is 0.291 e. The molecule has 0 bridgehead atoms. The van der Waals surface area contributed by atoms with Crippen molar-refractivity contribution in [2.24, 2.45) is 0 Å². The van der Waals surface area contributed by atoms with Crippen molar-refractivity contribution in [3.05, 3.63) is 40.9 Å². The Labute approximate surface area is 117 Å². The lowest BCUT2D eigenvalue weighted by Crippen LogP contribution is -2.27. The number of carbonyl (C=O) groups is 2. The summed E-state index contributed by atoms with van der Waals surface area (Å²) >= 11 is 0. The first-order valence-electron chi connectivity index (χ1n) is 5.83. The summed E-state index contributed by atoms with van der Waals surface area (Å²) in [7, 11) is -1.11. The first kappa shape index (κ1) is 14.3. The summed E-state index contributed by atoms with van der Waals surface area (Å²) in [5.74, 6) is -0.631. The summed E-state index contributed by atoms with van der Waals surface area (Å²) < 4.78 is 24.4. The number of likely N-dealkylation sites (N-methyl/N-ethyl adjacent to an activating group) is 2. The zero-order valence-corrected chi connectivity index (χ0v) is 12.1. The number of rotatable bonds is 2. The maximum atomic E-state index is 12.2. The minimum absolute atomic E-state index is 0.0822. The van der Waals surface area contributed by atoms with Gasteiger partial charge in [-0.1, -0.05) is 17.7 Å². The maximum absolute atomic E-state index is 12.2. The summed E-state index contributed by atoms with van der Waals surface area (Å²) in [6.45, 7) is 1.84. The number of aryl methyl sites for hydroxylation is 1. The van der Waals surface area contributed by atoms with Gasteiger partial charge in [0.15, 0.2) is 0 Å². The lowest BCUT2D eigenvalue weighted by Gasteiger charge is -2.07. The molecule has 0 saturated carbocycles. The molecular weight excluding hydrogens is 280 g/mol. The van der Waals surface area contributed by atoms with Gasteiger partial charge in [-0.2, -0.15) is 0 Å². The van der Waals surface area contributed by atoms with Crippen LogP contribution in [0.2, 0.25) is 0 Å².